The number of nitrogens with one attached hydrogen (secondary N) is 1. The third kappa shape index (κ3) is 4.14. The van der Waals surface area contributed by atoms with Crippen LogP contribution >= 0.6 is 11.3 Å². The standard InChI is InChI=1S/C20H21N5OS/c1-14-12-27-20(23-14)24-19(26)16-8-5-9-25(11-16)18-10-17(21-13-22-18)15-6-3-2-4-7-15/h2-4,6-7,10,12-13,16H,5,8-9,11H2,1H3,(H,23,24,26). The van der Waals surface area contributed by atoms with Crippen molar-refractivity contribution in [2.75, 3.05) is 23.3 Å². The van der Waals surface area contributed by atoms with Gasteiger partial charge in [0.15, 0.2) is 5.13 Å². The lowest BCUT2D eigenvalue weighted by molar-refractivity contribution is -0.120. The second-order valence-corrected chi connectivity index (χ2v) is 7.55. The number of carbonyl (C=O) groups is 1. The van der Waals surface area contributed by atoms with Crippen LogP contribution in [0.3, 0.4) is 0 Å². The van der Waals surface area contributed by atoms with E-state index in [0.717, 1.165) is 42.2 Å². The van der Waals surface area contributed by atoms with Crippen LogP contribution in [-0.2, 0) is 4.79 Å². The molecule has 1 aliphatic rings. The molecule has 6 nitrogen and oxygen atoms in total. The summed E-state index contributed by atoms with van der Waals surface area (Å²) in [5, 5.41) is 5.56. The molecule has 1 saturated heterocycles. The molecule has 0 spiro atoms. The molecule has 0 radical (unpaired) electrons. The number of hydrogen-bond donors (Lipinski definition) is 1. The van der Waals surface area contributed by atoms with E-state index in [1.807, 2.05) is 48.7 Å². The van der Waals surface area contributed by atoms with Gasteiger partial charge in [-0.1, -0.05) is 30.3 Å². The van der Waals surface area contributed by atoms with Crippen LogP contribution in [0.5, 0.6) is 0 Å². The molecular formula is C20H21N5OS. The smallest absolute Gasteiger partial charge is 0.231 e. The number of anilines is 2. The predicted molar refractivity (Wildman–Crippen MR) is 108 cm³/mol. The van der Waals surface area contributed by atoms with Gasteiger partial charge in [0, 0.05) is 30.1 Å². The first-order chi connectivity index (χ1) is 13.2. The van der Waals surface area contributed by atoms with Gasteiger partial charge in [-0.05, 0) is 19.8 Å². The summed E-state index contributed by atoms with van der Waals surface area (Å²) in [5.74, 6) is 0.830. The van der Waals surface area contributed by atoms with Crippen LogP contribution < -0.4 is 10.2 Å². The fourth-order valence-corrected chi connectivity index (χ4v) is 4.00. The monoisotopic (exact) mass is 379 g/mol. The third-order valence-corrected chi connectivity index (χ3v) is 5.56. The van der Waals surface area contributed by atoms with Gasteiger partial charge in [0.2, 0.25) is 5.91 Å². The number of rotatable bonds is 4. The van der Waals surface area contributed by atoms with Crippen molar-refractivity contribution in [2.45, 2.75) is 19.8 Å². The lowest BCUT2D eigenvalue weighted by Gasteiger charge is -2.32. The summed E-state index contributed by atoms with van der Waals surface area (Å²) in [6.45, 7) is 3.47. The van der Waals surface area contributed by atoms with E-state index in [-0.39, 0.29) is 11.8 Å². The normalized spacial score (nSPS) is 16.9. The van der Waals surface area contributed by atoms with Crippen LogP contribution in [0.1, 0.15) is 18.5 Å². The summed E-state index contributed by atoms with van der Waals surface area (Å²) >= 11 is 1.46. The van der Waals surface area contributed by atoms with Gasteiger partial charge in [-0.2, -0.15) is 0 Å². The van der Waals surface area contributed by atoms with E-state index in [1.165, 1.54) is 11.3 Å². The van der Waals surface area contributed by atoms with Gasteiger partial charge in [-0.15, -0.1) is 11.3 Å². The second kappa shape index (κ2) is 7.84. The molecule has 27 heavy (non-hydrogen) atoms. The minimum absolute atomic E-state index is 0.0337. The van der Waals surface area contributed by atoms with Gasteiger partial charge in [0.1, 0.15) is 12.1 Å². The second-order valence-electron chi connectivity index (χ2n) is 6.70. The van der Waals surface area contributed by atoms with E-state index in [9.17, 15) is 4.79 Å². The average Bonchev–Trinajstić information content (AvgIpc) is 3.13. The van der Waals surface area contributed by atoms with E-state index in [2.05, 4.69) is 25.2 Å². The zero-order valence-electron chi connectivity index (χ0n) is 15.1. The van der Waals surface area contributed by atoms with Crippen molar-refractivity contribution in [3.05, 3.63) is 53.8 Å². The maximum Gasteiger partial charge on any atom is 0.231 e. The van der Waals surface area contributed by atoms with E-state index in [0.29, 0.717) is 11.7 Å². The molecule has 1 unspecified atom stereocenters. The highest BCUT2D eigenvalue weighted by atomic mass is 32.1. The van der Waals surface area contributed by atoms with Crippen molar-refractivity contribution in [1.82, 2.24) is 15.0 Å². The van der Waals surface area contributed by atoms with Gasteiger partial charge in [-0.25, -0.2) is 15.0 Å². The summed E-state index contributed by atoms with van der Waals surface area (Å²) in [6, 6.07) is 12.1. The summed E-state index contributed by atoms with van der Waals surface area (Å²) < 4.78 is 0. The summed E-state index contributed by atoms with van der Waals surface area (Å²) in [4.78, 5) is 28.0. The van der Waals surface area contributed by atoms with Crippen molar-refractivity contribution in [1.29, 1.82) is 0 Å². The Hall–Kier alpha value is -2.80. The number of amides is 1. The maximum atomic E-state index is 12.6. The molecule has 3 heterocycles. The molecule has 0 aliphatic carbocycles. The maximum absolute atomic E-state index is 12.6. The number of thiazole rings is 1. The van der Waals surface area contributed by atoms with Crippen LogP contribution in [-0.4, -0.2) is 33.9 Å². The molecule has 0 bridgehead atoms. The number of benzene rings is 1. The molecule has 1 amide bonds. The Morgan fingerprint density at radius 3 is 2.89 bits per heavy atom. The van der Waals surface area contributed by atoms with Crippen molar-refractivity contribution in [2.24, 2.45) is 5.92 Å². The molecule has 7 heteroatoms. The molecule has 1 aliphatic heterocycles. The molecule has 1 N–H and O–H groups in total. The van der Waals surface area contributed by atoms with Crippen LogP contribution in [0.2, 0.25) is 0 Å². The first kappa shape index (κ1) is 17.6. The van der Waals surface area contributed by atoms with E-state index >= 15 is 0 Å². The molecule has 2 aromatic heterocycles. The number of aryl methyl sites for hydroxylation is 1. The molecule has 4 rings (SSSR count). The lowest BCUT2D eigenvalue weighted by atomic mass is 9.97. The molecule has 1 atom stereocenters. The quantitative estimate of drug-likeness (QED) is 0.747. The van der Waals surface area contributed by atoms with Gasteiger partial charge in [-0.3, -0.25) is 4.79 Å². The Bertz CT molecular complexity index is 927. The topological polar surface area (TPSA) is 71.0 Å². The zero-order valence-corrected chi connectivity index (χ0v) is 15.9. The number of hydrogen-bond acceptors (Lipinski definition) is 6. The van der Waals surface area contributed by atoms with E-state index in [1.54, 1.807) is 6.33 Å². The fraction of sp³-hybridized carbons (Fsp3) is 0.300. The Morgan fingerprint density at radius 2 is 2.11 bits per heavy atom. The summed E-state index contributed by atoms with van der Waals surface area (Å²) in [5.41, 5.74) is 2.88. The summed E-state index contributed by atoms with van der Waals surface area (Å²) in [6.07, 6.45) is 3.43. The van der Waals surface area contributed by atoms with Gasteiger partial charge in [0.25, 0.3) is 0 Å². The lowest BCUT2D eigenvalue weighted by Crippen LogP contribution is -2.41. The SMILES string of the molecule is Cc1csc(NC(=O)C2CCCN(c3cc(-c4ccccc4)ncn3)C2)n1. The molecule has 138 valence electrons. The largest absolute Gasteiger partial charge is 0.356 e. The predicted octanol–water partition coefficient (Wildman–Crippen LogP) is 3.76. The van der Waals surface area contributed by atoms with Gasteiger partial charge < -0.3 is 10.2 Å². The molecule has 0 saturated carbocycles. The van der Waals surface area contributed by atoms with Crippen LogP contribution in [0.25, 0.3) is 11.3 Å². The van der Waals surface area contributed by atoms with Crippen LogP contribution in [0, 0.1) is 12.8 Å². The Balaban J connectivity index is 1.47. The minimum Gasteiger partial charge on any atom is -0.356 e. The first-order valence-corrected chi connectivity index (χ1v) is 9.92. The molecule has 1 aromatic carbocycles. The fourth-order valence-electron chi connectivity index (χ4n) is 3.30. The van der Waals surface area contributed by atoms with E-state index < -0.39 is 0 Å². The van der Waals surface area contributed by atoms with Crippen molar-refractivity contribution < 1.29 is 4.79 Å². The Morgan fingerprint density at radius 1 is 1.26 bits per heavy atom. The molecule has 1 fully saturated rings. The third-order valence-electron chi connectivity index (χ3n) is 4.69. The van der Waals surface area contributed by atoms with Gasteiger partial charge >= 0.3 is 0 Å². The van der Waals surface area contributed by atoms with Crippen molar-refractivity contribution in [3.8, 4) is 11.3 Å². The molecule has 3 aromatic rings. The average molecular weight is 379 g/mol. The highest BCUT2D eigenvalue weighted by Gasteiger charge is 2.27. The zero-order chi connectivity index (χ0) is 18.6. The minimum atomic E-state index is -0.0712. The van der Waals surface area contributed by atoms with E-state index in [4.69, 9.17) is 0 Å². The van der Waals surface area contributed by atoms with Crippen molar-refractivity contribution in [3.63, 3.8) is 0 Å². The van der Waals surface area contributed by atoms with Crippen molar-refractivity contribution >= 4 is 28.2 Å². The number of nitrogens with zero attached hydrogens (tertiary/aromatic N) is 4. The Kier molecular flexibility index (Phi) is 5.11. The number of aromatic nitrogens is 3. The Labute approximate surface area is 162 Å². The highest BCUT2D eigenvalue weighted by molar-refractivity contribution is 7.13. The molecular weight excluding hydrogens is 358 g/mol. The van der Waals surface area contributed by atoms with Gasteiger partial charge in [0.05, 0.1) is 17.3 Å². The summed E-state index contributed by atoms with van der Waals surface area (Å²) in [7, 11) is 0. The van der Waals surface area contributed by atoms with Crippen LogP contribution in [0.15, 0.2) is 48.1 Å². The van der Waals surface area contributed by atoms with Crippen LogP contribution in [0.4, 0.5) is 10.9 Å². The number of piperidine rings is 1. The number of carbonyl (C=O) groups excluding carboxylic acids is 1. The first-order valence-electron chi connectivity index (χ1n) is 9.04. The highest BCUT2D eigenvalue weighted by Crippen LogP contribution is 2.26.